The molecule has 0 saturated carbocycles. The molecule has 2 aromatic carbocycles. The molecule has 0 spiro atoms. The van der Waals surface area contributed by atoms with Gasteiger partial charge >= 0.3 is 0 Å². The molecular weight excluding hydrogens is 270 g/mol. The third kappa shape index (κ3) is 2.19. The fraction of sp³-hybridized carbons (Fsp3) is 0.0588. The maximum Gasteiger partial charge on any atom is 0.195 e. The van der Waals surface area contributed by atoms with Gasteiger partial charge in [0.15, 0.2) is 5.78 Å². The Labute approximate surface area is 122 Å². The van der Waals surface area contributed by atoms with Crippen LogP contribution in [0.5, 0.6) is 0 Å². The second-order valence-corrected chi connectivity index (χ2v) is 5.11. The minimum absolute atomic E-state index is 0.0246. The lowest BCUT2D eigenvalue weighted by molar-refractivity contribution is 0.103. The maximum atomic E-state index is 12.7. The summed E-state index contributed by atoms with van der Waals surface area (Å²) in [6.07, 6.45) is 1.70. The number of para-hydroxylation sites is 1. The number of nitrogens with zero attached hydrogens (tertiary/aromatic N) is 1. The van der Waals surface area contributed by atoms with Gasteiger partial charge in [0.25, 0.3) is 0 Å². The Morgan fingerprint density at radius 3 is 2.65 bits per heavy atom. The van der Waals surface area contributed by atoms with Gasteiger partial charge in [-0.05, 0) is 42.8 Å². The van der Waals surface area contributed by atoms with Crippen LogP contribution in [0, 0.1) is 6.92 Å². The van der Waals surface area contributed by atoms with Crippen LogP contribution in [-0.2, 0) is 0 Å². The summed E-state index contributed by atoms with van der Waals surface area (Å²) in [6, 6.07) is 14.8. The van der Waals surface area contributed by atoms with Crippen molar-refractivity contribution < 1.29 is 4.79 Å². The first kappa shape index (κ1) is 12.8. The van der Waals surface area contributed by atoms with Gasteiger partial charge in [-0.15, -0.1) is 0 Å². The molecule has 0 unspecified atom stereocenters. The summed E-state index contributed by atoms with van der Waals surface area (Å²) in [6.45, 7) is 1.89. The Hall–Kier alpha value is -2.19. The molecule has 0 amide bonds. The molecule has 3 aromatic rings. The van der Waals surface area contributed by atoms with E-state index in [4.69, 9.17) is 11.6 Å². The molecule has 1 aromatic heterocycles. The third-order valence-corrected chi connectivity index (χ3v) is 3.55. The largest absolute Gasteiger partial charge is 0.289 e. The van der Waals surface area contributed by atoms with Crippen molar-refractivity contribution in [1.29, 1.82) is 0 Å². The smallest absolute Gasteiger partial charge is 0.195 e. The Bertz CT molecular complexity index is 806. The predicted molar refractivity (Wildman–Crippen MR) is 81.4 cm³/mol. The number of carbonyl (C=O) groups excluding carboxylic acids is 1. The first-order valence-corrected chi connectivity index (χ1v) is 6.69. The lowest BCUT2D eigenvalue weighted by Gasteiger charge is -2.07. The molecule has 0 aliphatic carbocycles. The summed E-state index contributed by atoms with van der Waals surface area (Å²) in [7, 11) is 0. The van der Waals surface area contributed by atoms with Gasteiger partial charge in [0.05, 0.1) is 5.52 Å². The number of halogens is 1. The zero-order valence-electron chi connectivity index (χ0n) is 10.9. The lowest BCUT2D eigenvalue weighted by atomic mass is 9.97. The highest BCUT2D eigenvalue weighted by molar-refractivity contribution is 6.31. The predicted octanol–water partition coefficient (Wildman–Crippen LogP) is 4.43. The highest BCUT2D eigenvalue weighted by Crippen LogP contribution is 2.22. The fourth-order valence-electron chi connectivity index (χ4n) is 2.31. The van der Waals surface area contributed by atoms with Gasteiger partial charge in [-0.2, -0.15) is 0 Å². The highest BCUT2D eigenvalue weighted by atomic mass is 35.5. The molecule has 0 fully saturated rings. The van der Waals surface area contributed by atoms with Crippen molar-refractivity contribution in [3.05, 3.63) is 76.4 Å². The molecule has 20 heavy (non-hydrogen) atoms. The molecule has 1 heterocycles. The summed E-state index contributed by atoms with van der Waals surface area (Å²) in [5.74, 6) is -0.0246. The van der Waals surface area contributed by atoms with E-state index in [9.17, 15) is 4.79 Å². The zero-order chi connectivity index (χ0) is 14.1. The van der Waals surface area contributed by atoms with Crippen molar-refractivity contribution in [2.75, 3.05) is 0 Å². The van der Waals surface area contributed by atoms with Crippen molar-refractivity contribution in [3.8, 4) is 0 Å². The van der Waals surface area contributed by atoms with E-state index in [1.807, 2.05) is 37.3 Å². The number of carbonyl (C=O) groups is 1. The van der Waals surface area contributed by atoms with Crippen molar-refractivity contribution in [1.82, 2.24) is 4.98 Å². The van der Waals surface area contributed by atoms with Gasteiger partial charge in [-0.1, -0.05) is 29.8 Å². The normalized spacial score (nSPS) is 10.7. The van der Waals surface area contributed by atoms with Crippen LogP contribution in [0.1, 0.15) is 21.5 Å². The van der Waals surface area contributed by atoms with Crippen LogP contribution in [-0.4, -0.2) is 10.8 Å². The molecule has 0 radical (unpaired) electrons. The van der Waals surface area contributed by atoms with Crippen LogP contribution >= 0.6 is 11.6 Å². The Morgan fingerprint density at radius 1 is 1.05 bits per heavy atom. The molecule has 3 heteroatoms. The topological polar surface area (TPSA) is 30.0 Å². The number of ketones is 1. The first-order valence-electron chi connectivity index (χ1n) is 6.31. The van der Waals surface area contributed by atoms with Gasteiger partial charge in [0.1, 0.15) is 0 Å². The second-order valence-electron chi connectivity index (χ2n) is 4.67. The molecule has 0 saturated heterocycles. The fourth-order valence-corrected chi connectivity index (χ4v) is 2.54. The van der Waals surface area contributed by atoms with E-state index in [1.165, 1.54) is 0 Å². The number of aromatic nitrogens is 1. The molecule has 0 aliphatic rings. The van der Waals surface area contributed by atoms with Crippen LogP contribution < -0.4 is 0 Å². The van der Waals surface area contributed by atoms with E-state index in [-0.39, 0.29) is 5.78 Å². The van der Waals surface area contributed by atoms with Gasteiger partial charge in [0.2, 0.25) is 0 Å². The third-order valence-electron chi connectivity index (χ3n) is 3.31. The molecule has 0 atom stereocenters. The van der Waals surface area contributed by atoms with E-state index in [0.717, 1.165) is 16.5 Å². The van der Waals surface area contributed by atoms with Gasteiger partial charge < -0.3 is 0 Å². The van der Waals surface area contributed by atoms with Crippen molar-refractivity contribution in [2.45, 2.75) is 6.92 Å². The number of fused-ring (bicyclic) bond motifs is 1. The maximum absolute atomic E-state index is 12.7. The number of hydrogen-bond acceptors (Lipinski definition) is 2. The summed E-state index contributed by atoms with van der Waals surface area (Å²) >= 11 is 5.94. The van der Waals surface area contributed by atoms with Gasteiger partial charge in [-0.25, -0.2) is 0 Å². The number of aryl methyl sites for hydroxylation is 1. The number of rotatable bonds is 2. The monoisotopic (exact) mass is 281 g/mol. The Morgan fingerprint density at radius 2 is 1.85 bits per heavy atom. The summed E-state index contributed by atoms with van der Waals surface area (Å²) in [4.78, 5) is 17.0. The number of benzene rings is 2. The molecule has 0 bridgehead atoms. The van der Waals surface area contributed by atoms with E-state index < -0.39 is 0 Å². The zero-order valence-corrected chi connectivity index (χ0v) is 11.7. The standard InChI is InChI=1S/C17H12ClNO/c1-11-10-13(18)7-8-14(11)17(20)15-6-2-4-12-5-3-9-19-16(12)15/h2-10H,1H3. The second kappa shape index (κ2) is 5.06. The van der Waals surface area contributed by atoms with Crippen molar-refractivity contribution in [3.63, 3.8) is 0 Å². The van der Waals surface area contributed by atoms with Crippen LogP contribution in [0.3, 0.4) is 0 Å². The lowest BCUT2D eigenvalue weighted by Crippen LogP contribution is -2.05. The molecule has 98 valence electrons. The summed E-state index contributed by atoms with van der Waals surface area (Å²) < 4.78 is 0. The SMILES string of the molecule is Cc1cc(Cl)ccc1C(=O)c1cccc2cccnc12. The van der Waals surface area contributed by atoms with Crippen LogP contribution in [0.2, 0.25) is 5.02 Å². The average molecular weight is 282 g/mol. The molecule has 2 nitrogen and oxygen atoms in total. The van der Waals surface area contributed by atoms with Gasteiger partial charge in [0, 0.05) is 27.7 Å². The van der Waals surface area contributed by atoms with E-state index in [0.29, 0.717) is 16.1 Å². The molecule has 0 aliphatic heterocycles. The summed E-state index contributed by atoms with van der Waals surface area (Å²) in [5.41, 5.74) is 2.88. The minimum Gasteiger partial charge on any atom is -0.289 e. The van der Waals surface area contributed by atoms with Crippen molar-refractivity contribution >= 4 is 28.3 Å². The first-order chi connectivity index (χ1) is 9.66. The minimum atomic E-state index is -0.0246. The molecule has 0 N–H and O–H groups in total. The Kier molecular flexibility index (Phi) is 3.25. The Balaban J connectivity index is 2.18. The molecule has 3 rings (SSSR count). The molecular formula is C17H12ClNO. The van der Waals surface area contributed by atoms with Crippen LogP contribution in [0.15, 0.2) is 54.7 Å². The average Bonchev–Trinajstić information content (AvgIpc) is 2.46. The van der Waals surface area contributed by atoms with E-state index in [1.54, 1.807) is 24.4 Å². The van der Waals surface area contributed by atoms with Crippen LogP contribution in [0.25, 0.3) is 10.9 Å². The van der Waals surface area contributed by atoms with Gasteiger partial charge in [-0.3, -0.25) is 9.78 Å². The summed E-state index contributed by atoms with van der Waals surface area (Å²) in [5, 5.41) is 1.60. The quantitative estimate of drug-likeness (QED) is 0.651. The van der Waals surface area contributed by atoms with E-state index in [2.05, 4.69) is 4.98 Å². The van der Waals surface area contributed by atoms with Crippen LogP contribution in [0.4, 0.5) is 0 Å². The number of pyridine rings is 1. The highest BCUT2D eigenvalue weighted by Gasteiger charge is 2.15. The van der Waals surface area contributed by atoms with Crippen molar-refractivity contribution in [2.24, 2.45) is 0 Å². The number of hydrogen-bond donors (Lipinski definition) is 0. The van der Waals surface area contributed by atoms with E-state index >= 15 is 0 Å².